The number of nitrogens with zero attached hydrogens (tertiary/aromatic N) is 5. The molecule has 6 nitrogen and oxygen atoms in total. The second kappa shape index (κ2) is 6.15. The fraction of sp³-hybridized carbons (Fsp3) is 0.579. The van der Waals surface area contributed by atoms with Crippen molar-refractivity contribution in [2.24, 2.45) is 11.3 Å². The first kappa shape index (κ1) is 16.4. The number of likely N-dealkylation sites (tertiary alicyclic amines) is 1. The number of hydrogen-bond acceptors (Lipinski definition) is 4. The van der Waals surface area contributed by atoms with Crippen LogP contribution in [-0.4, -0.2) is 43.6 Å². The third kappa shape index (κ3) is 2.76. The Kier molecular flexibility index (Phi) is 3.88. The summed E-state index contributed by atoms with van der Waals surface area (Å²) in [5.41, 5.74) is 0.831. The SMILES string of the molecule is O=C(c1cncc(Br)c1)N1CC(c2nncn2CC2CC2)C2(CCC2)C1. The first-order chi connectivity index (χ1) is 12.6. The number of pyridine rings is 1. The maximum Gasteiger partial charge on any atom is 0.255 e. The fourth-order valence-corrected chi connectivity index (χ4v) is 4.95. The molecule has 1 unspecified atom stereocenters. The van der Waals surface area contributed by atoms with Crippen LogP contribution in [0, 0.1) is 11.3 Å². The van der Waals surface area contributed by atoms with Gasteiger partial charge < -0.3 is 9.47 Å². The Balaban J connectivity index is 1.42. The molecule has 1 amide bonds. The zero-order valence-corrected chi connectivity index (χ0v) is 16.2. The highest BCUT2D eigenvalue weighted by molar-refractivity contribution is 9.10. The summed E-state index contributed by atoms with van der Waals surface area (Å²) >= 11 is 3.41. The van der Waals surface area contributed by atoms with Crippen molar-refractivity contribution in [3.8, 4) is 0 Å². The molecular formula is C19H22BrN5O. The van der Waals surface area contributed by atoms with Crippen LogP contribution in [0.15, 0.2) is 29.3 Å². The monoisotopic (exact) mass is 415 g/mol. The summed E-state index contributed by atoms with van der Waals surface area (Å²) in [6.45, 7) is 2.58. The maximum absolute atomic E-state index is 13.0. The first-order valence-electron chi connectivity index (χ1n) is 9.42. The zero-order valence-electron chi connectivity index (χ0n) is 14.6. The minimum atomic E-state index is 0.0702. The molecule has 3 aliphatic rings. The van der Waals surface area contributed by atoms with E-state index >= 15 is 0 Å². The molecule has 0 radical (unpaired) electrons. The van der Waals surface area contributed by atoms with Crippen LogP contribution in [0.4, 0.5) is 0 Å². The van der Waals surface area contributed by atoms with Crippen molar-refractivity contribution in [1.82, 2.24) is 24.6 Å². The molecule has 2 aromatic heterocycles. The minimum Gasteiger partial charge on any atom is -0.337 e. The van der Waals surface area contributed by atoms with E-state index in [-0.39, 0.29) is 11.3 Å². The number of halogens is 1. The van der Waals surface area contributed by atoms with Crippen LogP contribution in [0.2, 0.25) is 0 Å². The second-order valence-electron chi connectivity index (χ2n) is 8.13. The van der Waals surface area contributed by atoms with Crippen molar-refractivity contribution in [3.63, 3.8) is 0 Å². The van der Waals surface area contributed by atoms with E-state index in [2.05, 4.69) is 35.7 Å². The average Bonchev–Trinajstić information content (AvgIpc) is 3.15. The van der Waals surface area contributed by atoms with Gasteiger partial charge in [0.25, 0.3) is 5.91 Å². The van der Waals surface area contributed by atoms with E-state index in [0.29, 0.717) is 11.5 Å². The number of rotatable bonds is 4. The van der Waals surface area contributed by atoms with Crippen LogP contribution in [0.25, 0.3) is 0 Å². The van der Waals surface area contributed by atoms with Crippen LogP contribution in [-0.2, 0) is 6.54 Å². The normalized spacial score (nSPS) is 24.0. The average molecular weight is 416 g/mol. The number of carbonyl (C=O) groups is 1. The highest BCUT2D eigenvalue weighted by Crippen LogP contribution is 2.55. The fourth-order valence-electron chi connectivity index (χ4n) is 4.58. The maximum atomic E-state index is 13.0. The molecule has 2 aromatic rings. The van der Waals surface area contributed by atoms with E-state index in [4.69, 9.17) is 0 Å². The van der Waals surface area contributed by atoms with Gasteiger partial charge in [0.05, 0.1) is 5.56 Å². The highest BCUT2D eigenvalue weighted by Gasteiger charge is 2.53. The van der Waals surface area contributed by atoms with Gasteiger partial charge in [-0.3, -0.25) is 9.78 Å². The van der Waals surface area contributed by atoms with Gasteiger partial charge in [0.2, 0.25) is 0 Å². The van der Waals surface area contributed by atoms with Crippen LogP contribution in [0.3, 0.4) is 0 Å². The van der Waals surface area contributed by atoms with Gasteiger partial charge in [-0.25, -0.2) is 0 Å². The molecule has 5 rings (SSSR count). The molecule has 0 aromatic carbocycles. The number of carbonyl (C=O) groups excluding carboxylic acids is 1. The zero-order chi connectivity index (χ0) is 17.7. The quantitative estimate of drug-likeness (QED) is 0.768. The summed E-state index contributed by atoms with van der Waals surface area (Å²) in [5.74, 6) is 2.23. The standard InChI is InChI=1S/C19H22BrN5O/c20-15-6-14(7-21-8-15)18(26)24-10-16(19(11-24)4-1-5-19)17-23-22-12-25(17)9-13-2-3-13/h6-8,12-13,16H,1-5,9-11H2. The predicted octanol–water partition coefficient (Wildman–Crippen LogP) is 3.26. The van der Waals surface area contributed by atoms with Gasteiger partial charge >= 0.3 is 0 Å². The third-order valence-corrected chi connectivity index (χ3v) is 6.78. The van der Waals surface area contributed by atoms with Gasteiger partial charge in [-0.15, -0.1) is 10.2 Å². The Morgan fingerprint density at radius 1 is 1.31 bits per heavy atom. The Morgan fingerprint density at radius 3 is 2.85 bits per heavy atom. The van der Waals surface area contributed by atoms with Crippen molar-refractivity contribution < 1.29 is 4.79 Å². The third-order valence-electron chi connectivity index (χ3n) is 6.35. The predicted molar refractivity (Wildman–Crippen MR) is 99.6 cm³/mol. The minimum absolute atomic E-state index is 0.0702. The van der Waals surface area contributed by atoms with E-state index in [1.807, 2.05) is 17.3 Å². The number of aromatic nitrogens is 4. The number of amides is 1. The molecule has 0 N–H and O–H groups in total. The molecule has 0 bridgehead atoms. The Bertz CT molecular complexity index is 842. The lowest BCUT2D eigenvalue weighted by Crippen LogP contribution is -2.38. The summed E-state index contributed by atoms with van der Waals surface area (Å²) in [7, 11) is 0. The molecule has 1 aliphatic heterocycles. The summed E-state index contributed by atoms with van der Waals surface area (Å²) in [6, 6.07) is 1.85. The van der Waals surface area contributed by atoms with Crippen molar-refractivity contribution in [1.29, 1.82) is 0 Å². The molecule has 1 spiro atoms. The van der Waals surface area contributed by atoms with Crippen LogP contribution in [0.5, 0.6) is 0 Å². The molecule has 3 fully saturated rings. The molecule has 1 atom stereocenters. The summed E-state index contributed by atoms with van der Waals surface area (Å²) in [4.78, 5) is 19.2. The van der Waals surface area contributed by atoms with E-state index < -0.39 is 0 Å². The van der Waals surface area contributed by atoms with E-state index in [1.165, 1.54) is 32.1 Å². The van der Waals surface area contributed by atoms with Gasteiger partial charge in [-0.2, -0.15) is 0 Å². The molecule has 3 heterocycles. The summed E-state index contributed by atoms with van der Waals surface area (Å²) in [5, 5.41) is 8.70. The molecule has 1 saturated heterocycles. The topological polar surface area (TPSA) is 63.9 Å². The van der Waals surface area contributed by atoms with Gasteiger partial charge in [-0.05, 0) is 59.0 Å². The largest absolute Gasteiger partial charge is 0.337 e. The summed E-state index contributed by atoms with van der Waals surface area (Å²) in [6.07, 6.45) is 11.5. The molecular weight excluding hydrogens is 394 g/mol. The lowest BCUT2D eigenvalue weighted by atomic mass is 9.62. The van der Waals surface area contributed by atoms with E-state index in [0.717, 1.165) is 35.8 Å². The van der Waals surface area contributed by atoms with Crippen molar-refractivity contribution in [2.45, 2.75) is 44.6 Å². The van der Waals surface area contributed by atoms with Crippen LogP contribution in [0.1, 0.15) is 54.2 Å². The molecule has 26 heavy (non-hydrogen) atoms. The van der Waals surface area contributed by atoms with Crippen molar-refractivity contribution in [2.75, 3.05) is 13.1 Å². The number of hydrogen-bond donors (Lipinski definition) is 0. The van der Waals surface area contributed by atoms with E-state index in [1.54, 1.807) is 12.4 Å². The lowest BCUT2D eigenvalue weighted by Gasteiger charge is -2.42. The summed E-state index contributed by atoms with van der Waals surface area (Å²) < 4.78 is 3.08. The highest BCUT2D eigenvalue weighted by atomic mass is 79.9. The molecule has 136 valence electrons. The Hall–Kier alpha value is -1.76. The Morgan fingerprint density at radius 2 is 2.15 bits per heavy atom. The molecule has 7 heteroatoms. The lowest BCUT2D eigenvalue weighted by molar-refractivity contribution is 0.0722. The van der Waals surface area contributed by atoms with Crippen molar-refractivity contribution in [3.05, 3.63) is 40.6 Å². The molecule has 2 aliphatic carbocycles. The first-order valence-corrected chi connectivity index (χ1v) is 10.2. The Labute approximate surface area is 161 Å². The van der Waals surface area contributed by atoms with Crippen molar-refractivity contribution >= 4 is 21.8 Å². The van der Waals surface area contributed by atoms with E-state index in [9.17, 15) is 4.79 Å². The molecule has 2 saturated carbocycles. The van der Waals surface area contributed by atoms with Gasteiger partial charge in [-0.1, -0.05) is 6.42 Å². The van der Waals surface area contributed by atoms with Crippen LogP contribution < -0.4 is 0 Å². The van der Waals surface area contributed by atoms with Gasteiger partial charge in [0.1, 0.15) is 12.2 Å². The van der Waals surface area contributed by atoms with Crippen LogP contribution >= 0.6 is 15.9 Å². The smallest absolute Gasteiger partial charge is 0.255 e. The van der Waals surface area contributed by atoms with Gasteiger partial charge in [0.15, 0.2) is 0 Å². The van der Waals surface area contributed by atoms with Gasteiger partial charge in [0, 0.05) is 42.4 Å². The second-order valence-corrected chi connectivity index (χ2v) is 9.05.